The molecule has 1 saturated heterocycles. The maximum atomic E-state index is 12.2. The summed E-state index contributed by atoms with van der Waals surface area (Å²) in [6.45, 7) is 4.06. The van der Waals surface area contributed by atoms with Gasteiger partial charge in [0.15, 0.2) is 0 Å². The first-order chi connectivity index (χ1) is 9.08. The van der Waals surface area contributed by atoms with Crippen molar-refractivity contribution in [1.29, 1.82) is 0 Å². The summed E-state index contributed by atoms with van der Waals surface area (Å²) in [7, 11) is 2.11. The summed E-state index contributed by atoms with van der Waals surface area (Å²) >= 11 is 0. The normalized spacial score (nSPS) is 17.4. The van der Waals surface area contributed by atoms with Gasteiger partial charge in [-0.15, -0.1) is 0 Å². The van der Waals surface area contributed by atoms with E-state index in [4.69, 9.17) is 5.73 Å². The predicted molar refractivity (Wildman–Crippen MR) is 76.0 cm³/mol. The molecule has 0 radical (unpaired) electrons. The molecule has 19 heavy (non-hydrogen) atoms. The first kappa shape index (κ1) is 13.8. The van der Waals surface area contributed by atoms with Crippen molar-refractivity contribution in [3.05, 3.63) is 23.4 Å². The van der Waals surface area contributed by atoms with Crippen LogP contribution in [0.5, 0.6) is 0 Å². The molecule has 1 aliphatic rings. The maximum Gasteiger partial charge on any atom is 0.251 e. The van der Waals surface area contributed by atoms with Crippen LogP contribution in [0.15, 0.2) is 12.1 Å². The van der Waals surface area contributed by atoms with Crippen molar-refractivity contribution < 1.29 is 4.79 Å². The molecule has 1 aliphatic heterocycles. The molecule has 1 aromatic rings. The van der Waals surface area contributed by atoms with E-state index in [1.807, 2.05) is 13.0 Å². The van der Waals surface area contributed by atoms with E-state index in [1.54, 1.807) is 6.07 Å². The van der Waals surface area contributed by atoms with E-state index in [0.717, 1.165) is 38.0 Å². The van der Waals surface area contributed by atoms with Crippen molar-refractivity contribution in [2.45, 2.75) is 32.2 Å². The second-order valence-electron chi connectivity index (χ2n) is 5.18. The predicted octanol–water partition coefficient (Wildman–Crippen LogP) is 1.05. The molecule has 1 aromatic heterocycles. The zero-order valence-electron chi connectivity index (χ0n) is 11.6. The van der Waals surface area contributed by atoms with Gasteiger partial charge in [-0.25, -0.2) is 4.98 Å². The number of hydrogen-bond acceptors (Lipinski definition) is 4. The number of amides is 1. The minimum absolute atomic E-state index is 0.0432. The van der Waals surface area contributed by atoms with Crippen LogP contribution >= 0.6 is 0 Å². The van der Waals surface area contributed by atoms with Gasteiger partial charge in [-0.05, 0) is 51.5 Å². The minimum atomic E-state index is -0.0432. The molecule has 0 atom stereocenters. The van der Waals surface area contributed by atoms with E-state index < -0.39 is 0 Å². The average Bonchev–Trinajstić information content (AvgIpc) is 2.40. The van der Waals surface area contributed by atoms with Gasteiger partial charge in [0.1, 0.15) is 5.82 Å². The number of rotatable bonds is 3. The van der Waals surface area contributed by atoms with Gasteiger partial charge >= 0.3 is 0 Å². The molecular weight excluding hydrogens is 240 g/mol. The highest BCUT2D eigenvalue weighted by molar-refractivity contribution is 5.95. The molecule has 1 fully saturated rings. The topological polar surface area (TPSA) is 71.2 Å². The Morgan fingerprint density at radius 3 is 2.79 bits per heavy atom. The fraction of sp³-hybridized carbons (Fsp3) is 0.571. The highest BCUT2D eigenvalue weighted by atomic mass is 16.1. The summed E-state index contributed by atoms with van der Waals surface area (Å²) in [5.41, 5.74) is 7.20. The zero-order chi connectivity index (χ0) is 13.8. The first-order valence-electron chi connectivity index (χ1n) is 6.84. The van der Waals surface area contributed by atoms with E-state index in [1.165, 1.54) is 0 Å². The molecule has 2 heterocycles. The summed E-state index contributed by atoms with van der Waals surface area (Å²) in [5, 5.41) is 3.09. The number of nitrogens with zero attached hydrogens (tertiary/aromatic N) is 2. The van der Waals surface area contributed by atoms with Crippen molar-refractivity contribution in [3.63, 3.8) is 0 Å². The fourth-order valence-electron chi connectivity index (χ4n) is 2.34. The number of aryl methyl sites for hydroxylation is 1. The van der Waals surface area contributed by atoms with Crippen LogP contribution in [0.2, 0.25) is 0 Å². The van der Waals surface area contributed by atoms with Crippen molar-refractivity contribution in [2.24, 2.45) is 0 Å². The second kappa shape index (κ2) is 6.02. The molecule has 1 amide bonds. The number of nitrogens with two attached hydrogens (primary N) is 1. The van der Waals surface area contributed by atoms with E-state index in [-0.39, 0.29) is 11.9 Å². The van der Waals surface area contributed by atoms with Crippen LogP contribution in [0.1, 0.15) is 35.8 Å². The SMILES string of the molecule is CCc1cc(C(=O)NC2CCN(C)CC2)cc(N)n1. The number of carbonyl (C=O) groups excluding carboxylic acids is 1. The summed E-state index contributed by atoms with van der Waals surface area (Å²) in [4.78, 5) is 18.7. The molecular formula is C14H22N4O. The molecule has 3 N–H and O–H groups in total. The van der Waals surface area contributed by atoms with E-state index in [9.17, 15) is 4.79 Å². The first-order valence-corrected chi connectivity index (χ1v) is 6.84. The minimum Gasteiger partial charge on any atom is -0.384 e. The Bertz CT molecular complexity index is 453. The number of nitrogens with one attached hydrogen (secondary N) is 1. The molecule has 0 aliphatic carbocycles. The Morgan fingerprint density at radius 2 is 2.16 bits per heavy atom. The standard InChI is InChI=1S/C14H22N4O/c1-3-11-8-10(9-13(15)16-11)14(19)17-12-4-6-18(2)7-5-12/h8-9,12H,3-7H2,1-2H3,(H2,15,16)(H,17,19). The van der Waals surface area contributed by atoms with Crippen LogP contribution in [0, 0.1) is 0 Å². The smallest absolute Gasteiger partial charge is 0.251 e. The van der Waals surface area contributed by atoms with Crippen LogP contribution in [0.25, 0.3) is 0 Å². The van der Waals surface area contributed by atoms with E-state index >= 15 is 0 Å². The molecule has 0 spiro atoms. The Balaban J connectivity index is 2.01. The Morgan fingerprint density at radius 1 is 1.47 bits per heavy atom. The molecule has 0 aromatic carbocycles. The van der Waals surface area contributed by atoms with Crippen molar-refractivity contribution in [1.82, 2.24) is 15.2 Å². The van der Waals surface area contributed by atoms with Crippen LogP contribution < -0.4 is 11.1 Å². The maximum absolute atomic E-state index is 12.2. The molecule has 2 rings (SSSR count). The van der Waals surface area contributed by atoms with Crippen LogP contribution in [-0.4, -0.2) is 42.0 Å². The highest BCUT2D eigenvalue weighted by Crippen LogP contribution is 2.12. The van der Waals surface area contributed by atoms with Crippen molar-refractivity contribution >= 4 is 11.7 Å². The average molecular weight is 262 g/mol. The van der Waals surface area contributed by atoms with Crippen LogP contribution in [-0.2, 0) is 6.42 Å². The molecule has 5 nitrogen and oxygen atoms in total. The summed E-state index contributed by atoms with van der Waals surface area (Å²) in [6.07, 6.45) is 2.78. The van der Waals surface area contributed by atoms with Gasteiger partial charge in [0.2, 0.25) is 0 Å². The van der Waals surface area contributed by atoms with Gasteiger partial charge < -0.3 is 16.0 Å². The molecule has 5 heteroatoms. The number of pyridine rings is 1. The number of aromatic nitrogens is 1. The van der Waals surface area contributed by atoms with Gasteiger partial charge in [-0.2, -0.15) is 0 Å². The Labute approximate surface area is 114 Å². The number of hydrogen-bond donors (Lipinski definition) is 2. The summed E-state index contributed by atoms with van der Waals surface area (Å²) in [5.74, 6) is 0.367. The van der Waals surface area contributed by atoms with Crippen LogP contribution in [0.4, 0.5) is 5.82 Å². The largest absolute Gasteiger partial charge is 0.384 e. The lowest BCUT2D eigenvalue weighted by Gasteiger charge is -2.29. The van der Waals surface area contributed by atoms with Gasteiger partial charge in [0, 0.05) is 17.3 Å². The lowest BCUT2D eigenvalue weighted by Crippen LogP contribution is -2.43. The van der Waals surface area contributed by atoms with Gasteiger partial charge in [-0.3, -0.25) is 4.79 Å². The fourth-order valence-corrected chi connectivity index (χ4v) is 2.34. The number of piperidine rings is 1. The number of anilines is 1. The molecule has 0 bridgehead atoms. The number of carbonyl (C=O) groups is 1. The Kier molecular flexibility index (Phi) is 4.37. The van der Waals surface area contributed by atoms with Gasteiger partial charge in [0.05, 0.1) is 0 Å². The summed E-state index contributed by atoms with van der Waals surface area (Å²) < 4.78 is 0. The summed E-state index contributed by atoms with van der Waals surface area (Å²) in [6, 6.07) is 3.73. The third-order valence-corrected chi connectivity index (χ3v) is 3.58. The lowest BCUT2D eigenvalue weighted by molar-refractivity contribution is 0.0916. The molecule has 0 saturated carbocycles. The third kappa shape index (κ3) is 3.67. The molecule has 0 unspecified atom stereocenters. The number of likely N-dealkylation sites (tertiary alicyclic amines) is 1. The third-order valence-electron chi connectivity index (χ3n) is 3.58. The van der Waals surface area contributed by atoms with Gasteiger partial charge in [0.25, 0.3) is 5.91 Å². The van der Waals surface area contributed by atoms with Gasteiger partial charge in [-0.1, -0.05) is 6.92 Å². The Hall–Kier alpha value is -1.62. The number of nitrogen functional groups attached to an aromatic ring is 1. The lowest BCUT2D eigenvalue weighted by atomic mass is 10.0. The molecule has 104 valence electrons. The van der Waals surface area contributed by atoms with Crippen molar-refractivity contribution in [2.75, 3.05) is 25.9 Å². The highest BCUT2D eigenvalue weighted by Gasteiger charge is 2.19. The zero-order valence-corrected chi connectivity index (χ0v) is 11.6. The van der Waals surface area contributed by atoms with Crippen LogP contribution in [0.3, 0.4) is 0 Å². The van der Waals surface area contributed by atoms with Crippen molar-refractivity contribution in [3.8, 4) is 0 Å². The second-order valence-corrected chi connectivity index (χ2v) is 5.18. The monoisotopic (exact) mass is 262 g/mol. The van der Waals surface area contributed by atoms with E-state index in [0.29, 0.717) is 11.4 Å². The van der Waals surface area contributed by atoms with E-state index in [2.05, 4.69) is 22.2 Å². The quantitative estimate of drug-likeness (QED) is 0.854.